The molecule has 0 saturated carbocycles. The molecule has 0 atom stereocenters. The lowest BCUT2D eigenvalue weighted by molar-refractivity contribution is 0.0910. The second kappa shape index (κ2) is 9.37. The van der Waals surface area contributed by atoms with Gasteiger partial charge in [0.2, 0.25) is 0 Å². The minimum atomic E-state index is 0.0242. The topological polar surface area (TPSA) is 50.2 Å². The van der Waals surface area contributed by atoms with Crippen LogP contribution in [-0.2, 0) is 13.1 Å². The molecule has 2 aromatic heterocycles. The number of aromatic nitrogens is 2. The van der Waals surface area contributed by atoms with Gasteiger partial charge in [0.25, 0.3) is 5.91 Å². The largest absolute Gasteiger partial charge is 0.349 e. The fourth-order valence-corrected chi connectivity index (χ4v) is 4.56. The second-order valence-corrected chi connectivity index (χ2v) is 8.52. The van der Waals surface area contributed by atoms with Crippen molar-refractivity contribution in [2.45, 2.75) is 32.0 Å². The van der Waals surface area contributed by atoms with Gasteiger partial charge in [-0.3, -0.25) is 14.7 Å². The van der Waals surface area contributed by atoms with E-state index < -0.39 is 0 Å². The van der Waals surface area contributed by atoms with Crippen molar-refractivity contribution in [1.82, 2.24) is 19.8 Å². The molecule has 2 aromatic carbocycles. The minimum Gasteiger partial charge on any atom is -0.349 e. The Bertz CT molecular complexity index is 1180. The summed E-state index contributed by atoms with van der Waals surface area (Å²) in [6, 6.07) is 24.8. The molecule has 0 aliphatic carbocycles. The number of hydrogen-bond acceptors (Lipinski definition) is 3. The number of hydrogen-bond donors (Lipinski definition) is 1. The van der Waals surface area contributed by atoms with Gasteiger partial charge in [0.05, 0.1) is 11.3 Å². The van der Waals surface area contributed by atoms with Crippen molar-refractivity contribution in [3.8, 4) is 0 Å². The summed E-state index contributed by atoms with van der Waals surface area (Å²) in [4.78, 5) is 20.1. The highest BCUT2D eigenvalue weighted by atomic mass is 16.1. The van der Waals surface area contributed by atoms with Crippen molar-refractivity contribution in [2.24, 2.45) is 0 Å². The zero-order valence-electron chi connectivity index (χ0n) is 18.2. The Kier molecular flexibility index (Phi) is 5.99. The van der Waals surface area contributed by atoms with Crippen LogP contribution in [0.2, 0.25) is 0 Å². The van der Waals surface area contributed by atoms with Crippen LogP contribution in [0.15, 0.2) is 85.2 Å². The van der Waals surface area contributed by atoms with Gasteiger partial charge in [0.15, 0.2) is 0 Å². The fourth-order valence-electron chi connectivity index (χ4n) is 4.56. The van der Waals surface area contributed by atoms with Crippen LogP contribution in [-0.4, -0.2) is 39.5 Å². The summed E-state index contributed by atoms with van der Waals surface area (Å²) in [7, 11) is 0. The molecule has 3 heterocycles. The number of fused-ring (bicyclic) bond motifs is 1. The Labute approximate surface area is 188 Å². The lowest BCUT2D eigenvalue weighted by atomic mass is 10.0. The van der Waals surface area contributed by atoms with Crippen molar-refractivity contribution < 1.29 is 4.79 Å². The predicted molar refractivity (Wildman–Crippen MR) is 127 cm³/mol. The molecule has 1 aliphatic heterocycles. The highest BCUT2D eigenvalue weighted by molar-refractivity contribution is 6.07. The third-order valence-electron chi connectivity index (χ3n) is 6.26. The van der Waals surface area contributed by atoms with Crippen molar-refractivity contribution in [2.75, 3.05) is 13.1 Å². The molecule has 0 unspecified atom stereocenters. The van der Waals surface area contributed by atoms with Crippen LogP contribution in [0.4, 0.5) is 0 Å². The molecule has 4 aromatic rings. The van der Waals surface area contributed by atoms with Crippen molar-refractivity contribution in [3.63, 3.8) is 0 Å². The summed E-state index contributed by atoms with van der Waals surface area (Å²) >= 11 is 0. The average molecular weight is 425 g/mol. The maximum Gasteiger partial charge on any atom is 0.253 e. The van der Waals surface area contributed by atoms with Gasteiger partial charge in [-0.25, -0.2) is 0 Å². The summed E-state index contributed by atoms with van der Waals surface area (Å²) in [5.41, 5.74) is 4.17. The molecule has 5 rings (SSSR count). The van der Waals surface area contributed by atoms with Gasteiger partial charge >= 0.3 is 0 Å². The number of amides is 1. The van der Waals surface area contributed by atoms with E-state index in [1.807, 2.05) is 48.8 Å². The standard InChI is InChI=1S/C27H28N4O/c32-27(29-22-13-16-30(17-14-22)19-23-10-6-7-15-28-23)25-20-31(18-21-8-2-1-3-9-21)26-12-5-4-11-24(25)26/h1-12,15,20,22H,13-14,16-19H2,(H,29,32). The van der Waals surface area contributed by atoms with Crippen LogP contribution >= 0.6 is 0 Å². The fraction of sp³-hybridized carbons (Fsp3) is 0.259. The van der Waals surface area contributed by atoms with E-state index in [4.69, 9.17) is 0 Å². The molecule has 0 spiro atoms. The van der Waals surface area contributed by atoms with E-state index in [-0.39, 0.29) is 11.9 Å². The number of carbonyl (C=O) groups excluding carboxylic acids is 1. The van der Waals surface area contributed by atoms with E-state index in [0.29, 0.717) is 0 Å². The third-order valence-corrected chi connectivity index (χ3v) is 6.26. The number of nitrogens with one attached hydrogen (secondary N) is 1. The molecular formula is C27H28N4O. The normalized spacial score (nSPS) is 15.1. The van der Waals surface area contributed by atoms with Crippen molar-refractivity contribution in [3.05, 3.63) is 102 Å². The first-order valence-corrected chi connectivity index (χ1v) is 11.3. The Morgan fingerprint density at radius 3 is 2.44 bits per heavy atom. The lowest BCUT2D eigenvalue weighted by Crippen LogP contribution is -2.44. The van der Waals surface area contributed by atoms with E-state index in [0.717, 1.165) is 61.2 Å². The number of likely N-dealkylation sites (tertiary alicyclic amines) is 1. The smallest absolute Gasteiger partial charge is 0.253 e. The Morgan fingerprint density at radius 2 is 1.66 bits per heavy atom. The monoisotopic (exact) mass is 424 g/mol. The molecular weight excluding hydrogens is 396 g/mol. The van der Waals surface area contributed by atoms with E-state index in [1.54, 1.807) is 0 Å². The van der Waals surface area contributed by atoms with E-state index in [9.17, 15) is 4.79 Å². The van der Waals surface area contributed by atoms with Crippen LogP contribution in [0.25, 0.3) is 10.9 Å². The van der Waals surface area contributed by atoms with Gasteiger partial charge in [-0.05, 0) is 36.6 Å². The maximum absolute atomic E-state index is 13.2. The first kappa shape index (κ1) is 20.5. The number of benzene rings is 2. The number of piperidine rings is 1. The predicted octanol–water partition coefficient (Wildman–Crippen LogP) is 4.48. The number of nitrogens with zero attached hydrogens (tertiary/aromatic N) is 3. The zero-order chi connectivity index (χ0) is 21.8. The summed E-state index contributed by atoms with van der Waals surface area (Å²) in [6.45, 7) is 3.56. The molecule has 0 bridgehead atoms. The highest BCUT2D eigenvalue weighted by Gasteiger charge is 2.23. The van der Waals surface area contributed by atoms with Crippen LogP contribution in [0, 0.1) is 0 Å². The molecule has 162 valence electrons. The van der Waals surface area contributed by atoms with Gasteiger partial charge in [0, 0.05) is 55.5 Å². The number of pyridine rings is 1. The van der Waals surface area contributed by atoms with Gasteiger partial charge in [0.1, 0.15) is 0 Å². The Balaban J connectivity index is 1.25. The minimum absolute atomic E-state index is 0.0242. The van der Waals surface area contributed by atoms with Crippen LogP contribution < -0.4 is 5.32 Å². The first-order valence-electron chi connectivity index (χ1n) is 11.3. The van der Waals surface area contributed by atoms with E-state index >= 15 is 0 Å². The third kappa shape index (κ3) is 4.58. The second-order valence-electron chi connectivity index (χ2n) is 8.52. The summed E-state index contributed by atoms with van der Waals surface area (Å²) in [5.74, 6) is 0.0242. The lowest BCUT2D eigenvalue weighted by Gasteiger charge is -2.32. The maximum atomic E-state index is 13.2. The number of rotatable bonds is 6. The van der Waals surface area contributed by atoms with Crippen LogP contribution in [0.5, 0.6) is 0 Å². The van der Waals surface area contributed by atoms with Gasteiger partial charge in [-0.15, -0.1) is 0 Å². The molecule has 0 radical (unpaired) electrons. The Hall–Kier alpha value is -3.44. The summed E-state index contributed by atoms with van der Waals surface area (Å²) in [5, 5.41) is 4.30. The van der Waals surface area contributed by atoms with Crippen LogP contribution in [0.3, 0.4) is 0 Å². The van der Waals surface area contributed by atoms with Crippen molar-refractivity contribution in [1.29, 1.82) is 0 Å². The Morgan fingerprint density at radius 1 is 0.906 bits per heavy atom. The zero-order valence-corrected chi connectivity index (χ0v) is 18.2. The number of para-hydroxylation sites is 1. The molecule has 32 heavy (non-hydrogen) atoms. The molecule has 1 saturated heterocycles. The SMILES string of the molecule is O=C(NC1CCN(Cc2ccccn2)CC1)c1cn(Cc2ccccc2)c2ccccc12. The quantitative estimate of drug-likeness (QED) is 0.497. The van der Waals surface area contributed by atoms with E-state index in [1.165, 1.54) is 5.56 Å². The number of carbonyl (C=O) groups is 1. The highest BCUT2D eigenvalue weighted by Crippen LogP contribution is 2.23. The van der Waals surface area contributed by atoms with Gasteiger partial charge in [-0.2, -0.15) is 0 Å². The first-order chi connectivity index (χ1) is 15.8. The molecule has 5 heteroatoms. The molecule has 1 fully saturated rings. The summed E-state index contributed by atoms with van der Waals surface area (Å²) < 4.78 is 2.18. The molecule has 1 aliphatic rings. The van der Waals surface area contributed by atoms with E-state index in [2.05, 4.69) is 56.2 Å². The van der Waals surface area contributed by atoms with Gasteiger partial charge in [-0.1, -0.05) is 54.6 Å². The average Bonchev–Trinajstić information content (AvgIpc) is 3.20. The molecule has 1 amide bonds. The summed E-state index contributed by atoms with van der Waals surface area (Å²) in [6.07, 6.45) is 5.77. The van der Waals surface area contributed by atoms with Gasteiger partial charge < -0.3 is 9.88 Å². The van der Waals surface area contributed by atoms with Crippen molar-refractivity contribution >= 4 is 16.8 Å². The molecule has 1 N–H and O–H groups in total. The van der Waals surface area contributed by atoms with Crippen LogP contribution in [0.1, 0.15) is 34.5 Å². The molecule has 5 nitrogen and oxygen atoms in total.